The lowest BCUT2D eigenvalue weighted by Gasteiger charge is -2.43. The van der Waals surface area contributed by atoms with E-state index in [9.17, 15) is 4.79 Å². The first-order valence-electron chi connectivity index (χ1n) is 7.44. The van der Waals surface area contributed by atoms with Gasteiger partial charge < -0.3 is 15.4 Å². The van der Waals surface area contributed by atoms with E-state index in [1.807, 2.05) is 18.2 Å². The van der Waals surface area contributed by atoms with Gasteiger partial charge in [-0.05, 0) is 43.7 Å². The Labute approximate surface area is 119 Å². The van der Waals surface area contributed by atoms with Crippen molar-refractivity contribution in [3.63, 3.8) is 0 Å². The molecule has 0 radical (unpaired) electrons. The van der Waals surface area contributed by atoms with Gasteiger partial charge in [0.25, 0.3) is 0 Å². The Kier molecular flexibility index (Phi) is 3.32. The summed E-state index contributed by atoms with van der Waals surface area (Å²) in [5.74, 6) is 1.64. The first-order chi connectivity index (χ1) is 9.66. The summed E-state index contributed by atoms with van der Waals surface area (Å²) < 4.78 is 5.20. The molecule has 1 aliphatic heterocycles. The summed E-state index contributed by atoms with van der Waals surface area (Å²) in [4.78, 5) is 12.5. The van der Waals surface area contributed by atoms with E-state index in [1.165, 1.54) is 6.42 Å². The van der Waals surface area contributed by atoms with Gasteiger partial charge in [0.1, 0.15) is 11.3 Å². The average Bonchev–Trinajstić information content (AvgIpc) is 2.49. The molecule has 0 unspecified atom stereocenters. The summed E-state index contributed by atoms with van der Waals surface area (Å²) in [6.07, 6.45) is 5.31. The topological polar surface area (TPSA) is 50.4 Å². The number of hydrogen-bond acceptors (Lipinski definition) is 3. The molecule has 1 aromatic rings. The number of rotatable bonds is 2. The molecule has 4 nitrogen and oxygen atoms in total. The van der Waals surface area contributed by atoms with Crippen molar-refractivity contribution in [2.75, 3.05) is 17.7 Å². The van der Waals surface area contributed by atoms with E-state index in [1.54, 1.807) is 7.11 Å². The molecule has 1 heterocycles. The zero-order chi connectivity index (χ0) is 14.2. The number of carbonyl (C=O) groups excluding carboxylic acids is 1. The van der Waals surface area contributed by atoms with Crippen molar-refractivity contribution < 1.29 is 9.53 Å². The maximum Gasteiger partial charge on any atom is 0.250 e. The van der Waals surface area contributed by atoms with Gasteiger partial charge in [0, 0.05) is 6.07 Å². The monoisotopic (exact) mass is 274 g/mol. The Balaban J connectivity index is 1.84. The van der Waals surface area contributed by atoms with Gasteiger partial charge in [-0.25, -0.2) is 0 Å². The summed E-state index contributed by atoms with van der Waals surface area (Å²) >= 11 is 0. The standard InChI is InChI=1S/C16H22N2O2/c1-3-11-6-8-16(9-7-11)15(19)17-14-10-12(20-2)4-5-13(14)18-16/h4-5,10-11,18H,3,6-9H2,1-2H3,(H,17,19). The van der Waals surface area contributed by atoms with E-state index in [2.05, 4.69) is 17.6 Å². The summed E-state index contributed by atoms with van der Waals surface area (Å²) in [7, 11) is 1.63. The molecule has 0 atom stereocenters. The van der Waals surface area contributed by atoms with Gasteiger partial charge in [-0.1, -0.05) is 13.3 Å². The quantitative estimate of drug-likeness (QED) is 0.869. The van der Waals surface area contributed by atoms with Crippen molar-refractivity contribution in [3.05, 3.63) is 18.2 Å². The maximum atomic E-state index is 12.5. The van der Waals surface area contributed by atoms with Crippen LogP contribution in [0.2, 0.25) is 0 Å². The van der Waals surface area contributed by atoms with Gasteiger partial charge in [0.2, 0.25) is 5.91 Å². The fourth-order valence-corrected chi connectivity index (χ4v) is 3.35. The first kappa shape index (κ1) is 13.3. The molecular weight excluding hydrogens is 252 g/mol. The van der Waals surface area contributed by atoms with Crippen LogP contribution in [-0.2, 0) is 4.79 Å². The number of ether oxygens (including phenoxy) is 1. The van der Waals surface area contributed by atoms with Crippen LogP contribution in [-0.4, -0.2) is 18.6 Å². The largest absolute Gasteiger partial charge is 0.497 e. The fourth-order valence-electron chi connectivity index (χ4n) is 3.35. The molecule has 108 valence electrons. The van der Waals surface area contributed by atoms with Gasteiger partial charge in [-0.15, -0.1) is 0 Å². The molecule has 2 N–H and O–H groups in total. The van der Waals surface area contributed by atoms with E-state index in [0.29, 0.717) is 0 Å². The predicted molar refractivity (Wildman–Crippen MR) is 80.2 cm³/mol. The van der Waals surface area contributed by atoms with Gasteiger partial charge in [-0.2, -0.15) is 0 Å². The van der Waals surface area contributed by atoms with E-state index in [0.717, 1.165) is 48.7 Å². The van der Waals surface area contributed by atoms with Crippen molar-refractivity contribution in [3.8, 4) is 5.75 Å². The number of anilines is 2. The molecule has 0 bridgehead atoms. The Morgan fingerprint density at radius 3 is 2.70 bits per heavy atom. The normalized spacial score (nSPS) is 28.5. The molecule has 1 aromatic carbocycles. The van der Waals surface area contributed by atoms with E-state index in [4.69, 9.17) is 4.74 Å². The van der Waals surface area contributed by atoms with Crippen LogP contribution in [0.1, 0.15) is 39.0 Å². The predicted octanol–water partition coefficient (Wildman–Crippen LogP) is 3.40. The van der Waals surface area contributed by atoms with Crippen LogP contribution in [0.3, 0.4) is 0 Å². The number of hydrogen-bond donors (Lipinski definition) is 2. The second-order valence-corrected chi connectivity index (χ2v) is 5.92. The SMILES string of the molecule is CCC1CCC2(CC1)Nc1ccc(OC)cc1NC2=O. The Bertz CT molecular complexity index is 519. The van der Waals surface area contributed by atoms with Crippen LogP contribution >= 0.6 is 0 Å². The van der Waals surface area contributed by atoms with Gasteiger partial charge in [0.05, 0.1) is 18.5 Å². The average molecular weight is 274 g/mol. The highest BCUT2D eigenvalue weighted by Gasteiger charge is 2.44. The van der Waals surface area contributed by atoms with Gasteiger partial charge in [0.15, 0.2) is 0 Å². The van der Waals surface area contributed by atoms with Crippen molar-refractivity contribution in [2.45, 2.75) is 44.6 Å². The molecular formula is C16H22N2O2. The van der Waals surface area contributed by atoms with Crippen LogP contribution < -0.4 is 15.4 Å². The number of methoxy groups -OCH3 is 1. The van der Waals surface area contributed by atoms with E-state index in [-0.39, 0.29) is 5.91 Å². The first-order valence-corrected chi connectivity index (χ1v) is 7.44. The number of amides is 1. The van der Waals surface area contributed by atoms with Crippen LogP contribution in [0.4, 0.5) is 11.4 Å². The lowest BCUT2D eigenvalue weighted by Crippen LogP contribution is -2.54. The molecule has 20 heavy (non-hydrogen) atoms. The van der Waals surface area contributed by atoms with Gasteiger partial charge >= 0.3 is 0 Å². The van der Waals surface area contributed by atoms with Crippen LogP contribution in [0, 0.1) is 5.92 Å². The third-order valence-electron chi connectivity index (χ3n) is 4.82. The van der Waals surface area contributed by atoms with Crippen molar-refractivity contribution >= 4 is 17.3 Å². The van der Waals surface area contributed by atoms with Crippen molar-refractivity contribution in [1.82, 2.24) is 0 Å². The van der Waals surface area contributed by atoms with Crippen molar-refractivity contribution in [1.29, 1.82) is 0 Å². The third kappa shape index (κ3) is 2.13. The van der Waals surface area contributed by atoms with Crippen LogP contribution in [0.25, 0.3) is 0 Å². The Morgan fingerprint density at radius 2 is 2.05 bits per heavy atom. The molecule has 0 aromatic heterocycles. The number of benzene rings is 1. The Hall–Kier alpha value is -1.71. The highest BCUT2D eigenvalue weighted by molar-refractivity contribution is 6.06. The molecule has 0 saturated heterocycles. The molecule has 1 fully saturated rings. The van der Waals surface area contributed by atoms with Crippen LogP contribution in [0.15, 0.2) is 18.2 Å². The minimum absolute atomic E-state index is 0.104. The molecule has 1 saturated carbocycles. The second kappa shape index (κ2) is 5.00. The molecule has 4 heteroatoms. The number of carbonyl (C=O) groups is 1. The summed E-state index contributed by atoms with van der Waals surface area (Å²) in [6, 6.07) is 5.78. The summed E-state index contributed by atoms with van der Waals surface area (Å²) in [5, 5.41) is 6.54. The Morgan fingerprint density at radius 1 is 1.30 bits per heavy atom. The number of fused-ring (bicyclic) bond motifs is 1. The van der Waals surface area contributed by atoms with E-state index >= 15 is 0 Å². The minimum atomic E-state index is -0.409. The molecule has 3 rings (SSSR count). The minimum Gasteiger partial charge on any atom is -0.497 e. The second-order valence-electron chi connectivity index (χ2n) is 5.92. The smallest absolute Gasteiger partial charge is 0.250 e. The highest BCUT2D eigenvalue weighted by Crippen LogP contribution is 2.42. The van der Waals surface area contributed by atoms with E-state index < -0.39 is 5.54 Å². The molecule has 1 amide bonds. The molecule has 2 aliphatic rings. The molecule has 1 aliphatic carbocycles. The molecule has 1 spiro atoms. The lowest BCUT2D eigenvalue weighted by atomic mass is 9.74. The van der Waals surface area contributed by atoms with Gasteiger partial charge in [-0.3, -0.25) is 4.79 Å². The maximum absolute atomic E-state index is 12.5. The summed E-state index contributed by atoms with van der Waals surface area (Å²) in [6.45, 7) is 2.23. The van der Waals surface area contributed by atoms with Crippen molar-refractivity contribution in [2.24, 2.45) is 5.92 Å². The highest BCUT2D eigenvalue weighted by atomic mass is 16.5. The lowest BCUT2D eigenvalue weighted by molar-refractivity contribution is -0.121. The third-order valence-corrected chi connectivity index (χ3v) is 4.82. The zero-order valence-corrected chi connectivity index (χ0v) is 12.2. The zero-order valence-electron chi connectivity index (χ0n) is 12.2. The van der Waals surface area contributed by atoms with Crippen LogP contribution in [0.5, 0.6) is 5.75 Å². The summed E-state index contributed by atoms with van der Waals surface area (Å²) in [5.41, 5.74) is 1.41. The number of nitrogens with one attached hydrogen (secondary N) is 2. The fraction of sp³-hybridized carbons (Fsp3) is 0.562.